The number of ether oxygens (including phenoxy) is 1. The van der Waals surface area contributed by atoms with Crippen LogP contribution in [0, 0.1) is 0 Å². The molecular weight excluding hydrogens is 158 g/mol. The fourth-order valence-corrected chi connectivity index (χ4v) is 0.843. The van der Waals surface area contributed by atoms with Crippen LogP contribution in [0.3, 0.4) is 0 Å². The largest absolute Gasteiger partial charge is 0.379 e. The number of aliphatic hydroxyl groups excluding tert-OH is 1. The lowest BCUT2D eigenvalue weighted by atomic mass is 10.3. The van der Waals surface area contributed by atoms with E-state index >= 15 is 0 Å². The van der Waals surface area contributed by atoms with Crippen molar-refractivity contribution >= 4 is 0 Å². The molecular formula is C8H19NO3. The summed E-state index contributed by atoms with van der Waals surface area (Å²) in [7, 11) is 0. The highest BCUT2D eigenvalue weighted by molar-refractivity contribution is 4.62. The van der Waals surface area contributed by atoms with E-state index in [1.54, 1.807) is 6.92 Å². The van der Waals surface area contributed by atoms with E-state index in [0.29, 0.717) is 13.0 Å². The van der Waals surface area contributed by atoms with Crippen molar-refractivity contribution in [2.75, 3.05) is 6.61 Å². The summed E-state index contributed by atoms with van der Waals surface area (Å²) >= 11 is 0. The third-order valence-corrected chi connectivity index (χ3v) is 1.46. The summed E-state index contributed by atoms with van der Waals surface area (Å²) in [5, 5.41) is 21.1. The van der Waals surface area contributed by atoms with Crippen LogP contribution in [-0.4, -0.2) is 29.0 Å². The third kappa shape index (κ3) is 4.66. The van der Waals surface area contributed by atoms with Gasteiger partial charge in [0.25, 0.3) is 0 Å². The van der Waals surface area contributed by atoms with Gasteiger partial charge in [0, 0.05) is 6.42 Å². The zero-order chi connectivity index (χ0) is 9.61. The van der Waals surface area contributed by atoms with Crippen molar-refractivity contribution in [2.45, 2.75) is 45.8 Å². The molecule has 0 rings (SSSR count). The molecule has 0 fully saturated rings. The molecule has 0 aliphatic carbocycles. The molecule has 0 aliphatic heterocycles. The fourth-order valence-electron chi connectivity index (χ4n) is 0.843. The molecule has 0 aliphatic rings. The molecule has 0 saturated heterocycles. The van der Waals surface area contributed by atoms with Gasteiger partial charge in [-0.1, -0.05) is 13.8 Å². The van der Waals surface area contributed by atoms with Crippen molar-refractivity contribution in [3.05, 3.63) is 0 Å². The van der Waals surface area contributed by atoms with Crippen molar-refractivity contribution in [1.82, 2.24) is 5.32 Å². The van der Waals surface area contributed by atoms with E-state index in [-0.39, 0.29) is 0 Å². The van der Waals surface area contributed by atoms with Crippen molar-refractivity contribution in [3.8, 4) is 0 Å². The molecule has 0 aromatic rings. The molecule has 0 heterocycles. The number of aliphatic hydroxyl groups is 2. The van der Waals surface area contributed by atoms with Crippen LogP contribution in [0.15, 0.2) is 0 Å². The Labute approximate surface area is 73.5 Å². The van der Waals surface area contributed by atoms with Gasteiger partial charge in [0.05, 0.1) is 6.61 Å². The molecule has 0 amide bonds. The summed E-state index contributed by atoms with van der Waals surface area (Å²) in [4.78, 5) is 0. The number of hydrogen-bond donors (Lipinski definition) is 3. The second-order valence-corrected chi connectivity index (χ2v) is 2.81. The molecule has 0 saturated carbocycles. The van der Waals surface area contributed by atoms with Crippen LogP contribution in [0.4, 0.5) is 0 Å². The van der Waals surface area contributed by atoms with Gasteiger partial charge in [0.2, 0.25) is 5.91 Å². The van der Waals surface area contributed by atoms with Crippen LogP contribution in [0.5, 0.6) is 0 Å². The maximum Gasteiger partial charge on any atom is 0.226 e. The van der Waals surface area contributed by atoms with E-state index in [2.05, 4.69) is 5.32 Å². The van der Waals surface area contributed by atoms with Gasteiger partial charge in [-0.25, -0.2) is 5.32 Å². The fraction of sp³-hybridized carbons (Fsp3) is 1.00. The first-order valence-electron chi connectivity index (χ1n) is 4.36. The Balaban J connectivity index is 3.86. The Morgan fingerprint density at radius 2 is 2.08 bits per heavy atom. The second kappa shape index (κ2) is 5.48. The normalized spacial score (nSPS) is 18.8. The molecule has 2 atom stereocenters. The summed E-state index contributed by atoms with van der Waals surface area (Å²) in [5.41, 5.74) is 0. The quantitative estimate of drug-likeness (QED) is 0.514. The maximum absolute atomic E-state index is 9.63. The molecule has 0 spiro atoms. The van der Waals surface area contributed by atoms with E-state index in [4.69, 9.17) is 9.84 Å². The van der Waals surface area contributed by atoms with E-state index < -0.39 is 12.1 Å². The van der Waals surface area contributed by atoms with Crippen molar-refractivity contribution in [2.24, 2.45) is 0 Å². The van der Waals surface area contributed by atoms with Gasteiger partial charge in [0.1, 0.15) is 6.23 Å². The standard InChI is InChI=1S/C8H19NO3/c1-4-6-12-8(11,5-2)9-7(3)10/h7,9-11H,4-6H2,1-3H3. The average Bonchev–Trinajstić information content (AvgIpc) is 2.00. The molecule has 4 nitrogen and oxygen atoms in total. The molecule has 0 aromatic heterocycles. The highest BCUT2D eigenvalue weighted by Gasteiger charge is 2.25. The van der Waals surface area contributed by atoms with Crippen LogP contribution >= 0.6 is 0 Å². The Bertz CT molecular complexity index is 119. The zero-order valence-corrected chi connectivity index (χ0v) is 8.00. The van der Waals surface area contributed by atoms with Gasteiger partial charge in [-0.05, 0) is 13.3 Å². The summed E-state index contributed by atoms with van der Waals surface area (Å²) in [6.07, 6.45) is 0.466. The topological polar surface area (TPSA) is 61.7 Å². The highest BCUT2D eigenvalue weighted by atomic mass is 16.6. The summed E-state index contributed by atoms with van der Waals surface area (Å²) in [5.74, 6) is -1.38. The first-order chi connectivity index (χ1) is 5.54. The maximum atomic E-state index is 9.63. The van der Waals surface area contributed by atoms with E-state index in [1.807, 2.05) is 6.92 Å². The molecule has 0 radical (unpaired) electrons. The van der Waals surface area contributed by atoms with Crippen LogP contribution in [0.25, 0.3) is 0 Å². The van der Waals surface area contributed by atoms with E-state index in [0.717, 1.165) is 6.42 Å². The van der Waals surface area contributed by atoms with Crippen LogP contribution in [0.2, 0.25) is 0 Å². The number of hydrogen-bond acceptors (Lipinski definition) is 4. The lowest BCUT2D eigenvalue weighted by Crippen LogP contribution is -2.51. The molecule has 4 heteroatoms. The minimum absolute atomic E-state index is 0.401. The Morgan fingerprint density at radius 3 is 2.42 bits per heavy atom. The minimum atomic E-state index is -1.38. The highest BCUT2D eigenvalue weighted by Crippen LogP contribution is 2.08. The third-order valence-electron chi connectivity index (χ3n) is 1.46. The lowest BCUT2D eigenvalue weighted by molar-refractivity contribution is -0.241. The SMILES string of the molecule is CCCOC(O)(CC)NC(C)O. The Morgan fingerprint density at radius 1 is 1.50 bits per heavy atom. The van der Waals surface area contributed by atoms with Crippen molar-refractivity contribution in [1.29, 1.82) is 0 Å². The van der Waals surface area contributed by atoms with Gasteiger partial charge in [-0.15, -0.1) is 0 Å². The average molecular weight is 177 g/mol. The molecule has 74 valence electrons. The lowest BCUT2D eigenvalue weighted by Gasteiger charge is -2.29. The van der Waals surface area contributed by atoms with Gasteiger partial charge in [0.15, 0.2) is 0 Å². The summed E-state index contributed by atoms with van der Waals surface area (Å²) < 4.78 is 5.12. The smallest absolute Gasteiger partial charge is 0.226 e. The first kappa shape index (κ1) is 11.8. The van der Waals surface area contributed by atoms with Gasteiger partial charge < -0.3 is 14.9 Å². The van der Waals surface area contributed by atoms with Gasteiger partial charge >= 0.3 is 0 Å². The molecule has 12 heavy (non-hydrogen) atoms. The zero-order valence-electron chi connectivity index (χ0n) is 8.00. The van der Waals surface area contributed by atoms with Crippen LogP contribution < -0.4 is 5.32 Å². The van der Waals surface area contributed by atoms with E-state index in [9.17, 15) is 5.11 Å². The van der Waals surface area contributed by atoms with Crippen molar-refractivity contribution < 1.29 is 14.9 Å². The molecule has 0 aromatic carbocycles. The van der Waals surface area contributed by atoms with Gasteiger partial charge in [-0.2, -0.15) is 0 Å². The van der Waals surface area contributed by atoms with Crippen molar-refractivity contribution in [3.63, 3.8) is 0 Å². The predicted molar refractivity (Wildman–Crippen MR) is 46.3 cm³/mol. The molecule has 2 unspecified atom stereocenters. The first-order valence-corrected chi connectivity index (χ1v) is 4.36. The van der Waals surface area contributed by atoms with E-state index in [1.165, 1.54) is 6.92 Å². The minimum Gasteiger partial charge on any atom is -0.379 e. The Kier molecular flexibility index (Phi) is 5.41. The summed E-state index contributed by atoms with van der Waals surface area (Å²) in [6.45, 7) is 5.75. The monoisotopic (exact) mass is 177 g/mol. The van der Waals surface area contributed by atoms with Crippen LogP contribution in [-0.2, 0) is 4.74 Å². The predicted octanol–water partition coefficient (Wildman–Crippen LogP) is 0.397. The van der Waals surface area contributed by atoms with Crippen LogP contribution in [0.1, 0.15) is 33.6 Å². The second-order valence-electron chi connectivity index (χ2n) is 2.81. The summed E-state index contributed by atoms with van der Waals surface area (Å²) in [6, 6.07) is 0. The molecule has 0 bridgehead atoms. The number of nitrogens with one attached hydrogen (secondary N) is 1. The number of rotatable bonds is 6. The molecule has 3 N–H and O–H groups in total. The Hall–Kier alpha value is -0.160. The van der Waals surface area contributed by atoms with Gasteiger partial charge in [-0.3, -0.25) is 0 Å².